The van der Waals surface area contributed by atoms with Crippen LogP contribution in [0.4, 0.5) is 0 Å². The normalized spacial score (nSPS) is 16.8. The van der Waals surface area contributed by atoms with Crippen LogP contribution in [-0.4, -0.2) is 43.3 Å². The van der Waals surface area contributed by atoms with E-state index in [9.17, 15) is 14.7 Å². The van der Waals surface area contributed by atoms with Gasteiger partial charge in [-0.1, -0.05) is 24.3 Å². The lowest BCUT2D eigenvalue weighted by atomic mass is 9.93. The maximum atomic E-state index is 12.9. The van der Waals surface area contributed by atoms with Gasteiger partial charge in [-0.25, -0.2) is 4.79 Å². The Morgan fingerprint density at radius 1 is 1.08 bits per heavy atom. The number of aromatic amines is 1. The number of carboxylic acids is 1. The molecule has 1 aromatic heterocycles. The van der Waals surface area contributed by atoms with Crippen LogP contribution < -0.4 is 0 Å². The molecule has 120 valence electrons. The molecule has 0 saturated carbocycles. The molecule has 0 radical (unpaired) electrons. The molecule has 1 amide bonds. The van der Waals surface area contributed by atoms with Crippen molar-refractivity contribution >= 4 is 22.9 Å². The largest absolute Gasteiger partial charge is 0.480 e. The summed E-state index contributed by atoms with van der Waals surface area (Å²) in [5, 5.41) is 20.0. The van der Waals surface area contributed by atoms with Gasteiger partial charge in [-0.05, 0) is 29.3 Å². The molecule has 0 bridgehead atoms. The number of nitrogens with zero attached hydrogens (tertiary/aromatic N) is 3. The molecule has 2 N–H and O–H groups in total. The maximum absolute atomic E-state index is 12.9. The molecule has 0 aliphatic carbocycles. The molecule has 1 aliphatic rings. The van der Waals surface area contributed by atoms with Crippen LogP contribution in [0.15, 0.2) is 42.5 Å². The summed E-state index contributed by atoms with van der Waals surface area (Å²) in [5.74, 6) is -1.32. The van der Waals surface area contributed by atoms with Gasteiger partial charge in [0, 0.05) is 18.5 Å². The van der Waals surface area contributed by atoms with E-state index in [1.807, 2.05) is 24.3 Å². The maximum Gasteiger partial charge on any atom is 0.326 e. The number of aromatic nitrogens is 3. The highest BCUT2D eigenvalue weighted by molar-refractivity contribution is 5.99. The Labute approximate surface area is 136 Å². The fraction of sp³-hybridized carbons (Fsp3) is 0.176. The zero-order valence-electron chi connectivity index (χ0n) is 12.6. The summed E-state index contributed by atoms with van der Waals surface area (Å²) in [7, 11) is 0. The van der Waals surface area contributed by atoms with Gasteiger partial charge >= 0.3 is 5.97 Å². The van der Waals surface area contributed by atoms with Crippen LogP contribution in [0, 0.1) is 0 Å². The van der Waals surface area contributed by atoms with E-state index in [2.05, 4.69) is 15.4 Å². The minimum atomic E-state index is -1.000. The first-order valence-corrected chi connectivity index (χ1v) is 7.54. The summed E-state index contributed by atoms with van der Waals surface area (Å²) >= 11 is 0. The molecule has 3 aromatic rings. The Bertz CT molecular complexity index is 950. The number of H-pyrrole nitrogens is 1. The number of aliphatic carboxylic acids is 1. The molecule has 0 spiro atoms. The average molecular weight is 322 g/mol. The number of nitrogens with one attached hydrogen (secondary N) is 1. The average Bonchev–Trinajstić information content (AvgIpc) is 3.07. The lowest BCUT2D eigenvalue weighted by Gasteiger charge is -2.34. The van der Waals surface area contributed by atoms with Gasteiger partial charge in [0.05, 0.1) is 0 Å². The lowest BCUT2D eigenvalue weighted by molar-refractivity contribution is -0.142. The summed E-state index contributed by atoms with van der Waals surface area (Å²) in [5.41, 5.74) is 3.59. The van der Waals surface area contributed by atoms with E-state index in [0.717, 1.165) is 11.1 Å². The van der Waals surface area contributed by atoms with Gasteiger partial charge in [0.2, 0.25) is 0 Å². The summed E-state index contributed by atoms with van der Waals surface area (Å²) < 4.78 is 0. The van der Waals surface area contributed by atoms with Gasteiger partial charge in [-0.2, -0.15) is 15.4 Å². The number of hydrogen-bond donors (Lipinski definition) is 2. The molecule has 1 atom stereocenters. The van der Waals surface area contributed by atoms with Crippen LogP contribution in [0.2, 0.25) is 0 Å². The SMILES string of the molecule is O=C(O)[C@@H]1Cc2ccccc2CN1C(=O)c1ccc2n[nH]nc2c1. The summed E-state index contributed by atoms with van der Waals surface area (Å²) in [6, 6.07) is 11.7. The van der Waals surface area contributed by atoms with Crippen molar-refractivity contribution in [1.82, 2.24) is 20.3 Å². The third-order valence-corrected chi connectivity index (χ3v) is 4.36. The van der Waals surface area contributed by atoms with Gasteiger partial charge in [-0.3, -0.25) is 4.79 Å². The molecular weight excluding hydrogens is 308 g/mol. The van der Waals surface area contributed by atoms with E-state index in [-0.39, 0.29) is 12.5 Å². The third kappa shape index (κ3) is 2.30. The van der Waals surface area contributed by atoms with E-state index >= 15 is 0 Å². The predicted molar refractivity (Wildman–Crippen MR) is 85.3 cm³/mol. The van der Waals surface area contributed by atoms with Crippen molar-refractivity contribution in [3.8, 4) is 0 Å². The van der Waals surface area contributed by atoms with Crippen molar-refractivity contribution < 1.29 is 14.7 Å². The van der Waals surface area contributed by atoms with Crippen LogP contribution in [0.5, 0.6) is 0 Å². The molecule has 0 fully saturated rings. The monoisotopic (exact) mass is 322 g/mol. The third-order valence-electron chi connectivity index (χ3n) is 4.36. The molecule has 2 heterocycles. The fourth-order valence-electron chi connectivity index (χ4n) is 3.10. The van der Waals surface area contributed by atoms with Crippen LogP contribution in [0.1, 0.15) is 21.5 Å². The molecular formula is C17H14N4O3. The second-order valence-electron chi connectivity index (χ2n) is 5.79. The molecule has 2 aromatic carbocycles. The number of carbonyl (C=O) groups is 2. The van der Waals surface area contributed by atoms with Gasteiger partial charge in [-0.15, -0.1) is 0 Å². The van der Waals surface area contributed by atoms with E-state index < -0.39 is 12.0 Å². The Morgan fingerprint density at radius 3 is 2.62 bits per heavy atom. The minimum absolute atomic E-state index is 0.281. The summed E-state index contributed by atoms with van der Waals surface area (Å²) in [6.45, 7) is 0.281. The molecule has 0 unspecified atom stereocenters. The second kappa shape index (κ2) is 5.45. The first-order chi connectivity index (χ1) is 11.6. The van der Waals surface area contributed by atoms with Crippen LogP contribution in [0.25, 0.3) is 11.0 Å². The molecule has 0 saturated heterocycles. The number of carbonyl (C=O) groups excluding carboxylic acids is 1. The number of hydrogen-bond acceptors (Lipinski definition) is 4. The quantitative estimate of drug-likeness (QED) is 0.747. The van der Waals surface area contributed by atoms with Crippen molar-refractivity contribution in [1.29, 1.82) is 0 Å². The highest BCUT2D eigenvalue weighted by atomic mass is 16.4. The van der Waals surface area contributed by atoms with Gasteiger partial charge < -0.3 is 10.0 Å². The van der Waals surface area contributed by atoms with E-state index in [0.29, 0.717) is 23.0 Å². The van der Waals surface area contributed by atoms with Crippen molar-refractivity contribution in [2.24, 2.45) is 0 Å². The van der Waals surface area contributed by atoms with Crippen molar-refractivity contribution in [3.05, 3.63) is 59.2 Å². The number of rotatable bonds is 2. The smallest absolute Gasteiger partial charge is 0.326 e. The zero-order valence-corrected chi connectivity index (χ0v) is 12.6. The Balaban J connectivity index is 1.72. The highest BCUT2D eigenvalue weighted by Gasteiger charge is 2.35. The first kappa shape index (κ1) is 14.4. The lowest BCUT2D eigenvalue weighted by Crippen LogP contribution is -2.48. The molecule has 4 rings (SSSR count). The van der Waals surface area contributed by atoms with Gasteiger partial charge in [0.25, 0.3) is 5.91 Å². The van der Waals surface area contributed by atoms with Crippen molar-refractivity contribution in [3.63, 3.8) is 0 Å². The molecule has 24 heavy (non-hydrogen) atoms. The fourth-order valence-corrected chi connectivity index (χ4v) is 3.10. The van der Waals surface area contributed by atoms with Crippen LogP contribution in [0.3, 0.4) is 0 Å². The van der Waals surface area contributed by atoms with E-state index in [4.69, 9.17) is 0 Å². The van der Waals surface area contributed by atoms with E-state index in [1.54, 1.807) is 18.2 Å². The zero-order chi connectivity index (χ0) is 16.7. The Hall–Kier alpha value is -3.22. The highest BCUT2D eigenvalue weighted by Crippen LogP contribution is 2.25. The molecule has 7 nitrogen and oxygen atoms in total. The van der Waals surface area contributed by atoms with E-state index in [1.165, 1.54) is 4.90 Å². The van der Waals surface area contributed by atoms with Crippen LogP contribution >= 0.6 is 0 Å². The Kier molecular flexibility index (Phi) is 3.26. The predicted octanol–water partition coefficient (Wildman–Crippen LogP) is 1.61. The number of fused-ring (bicyclic) bond motifs is 2. The van der Waals surface area contributed by atoms with Crippen molar-refractivity contribution in [2.75, 3.05) is 0 Å². The minimum Gasteiger partial charge on any atom is -0.480 e. The number of benzene rings is 2. The van der Waals surface area contributed by atoms with Crippen molar-refractivity contribution in [2.45, 2.75) is 19.0 Å². The Morgan fingerprint density at radius 2 is 1.83 bits per heavy atom. The number of amides is 1. The summed E-state index contributed by atoms with van der Waals surface area (Å²) in [4.78, 5) is 26.0. The number of carboxylic acid groups (broad SMARTS) is 1. The topological polar surface area (TPSA) is 99.2 Å². The van der Waals surface area contributed by atoms with Gasteiger partial charge in [0.1, 0.15) is 17.1 Å². The standard InChI is InChI=1S/C17H14N4O3/c22-16(11-5-6-13-14(7-11)19-20-18-13)21-9-12-4-2-1-3-10(12)8-15(21)17(23)24/h1-7,15H,8-9H2,(H,23,24)(H,18,19,20)/t15-/m0/s1. The summed E-state index contributed by atoms with van der Waals surface area (Å²) in [6.07, 6.45) is 0.309. The first-order valence-electron chi connectivity index (χ1n) is 7.54. The van der Waals surface area contributed by atoms with Crippen LogP contribution in [-0.2, 0) is 17.8 Å². The second-order valence-corrected chi connectivity index (χ2v) is 5.79. The molecule has 1 aliphatic heterocycles. The van der Waals surface area contributed by atoms with Gasteiger partial charge in [0.15, 0.2) is 0 Å². The molecule has 7 heteroatoms.